The van der Waals surface area contributed by atoms with Crippen molar-refractivity contribution >= 4 is 110 Å². The molecule has 0 fully saturated rings. The first-order chi connectivity index (χ1) is 38.9. The van der Waals surface area contributed by atoms with Crippen LogP contribution in [0.5, 0.6) is 0 Å². The molecule has 0 radical (unpaired) electrons. The summed E-state index contributed by atoms with van der Waals surface area (Å²) in [7, 11) is 0. The summed E-state index contributed by atoms with van der Waals surface area (Å²) in [6.07, 6.45) is 0. The Morgan fingerprint density at radius 3 is 1.06 bits per heavy atom. The van der Waals surface area contributed by atoms with Gasteiger partial charge in [-0.3, -0.25) is 0 Å². The number of hydrogen-bond donors (Lipinski definition) is 0. The third-order valence-electron chi connectivity index (χ3n) is 15.9. The van der Waals surface area contributed by atoms with Gasteiger partial charge in [0.2, 0.25) is 0 Å². The van der Waals surface area contributed by atoms with Crippen LogP contribution in [0.1, 0.15) is 16.7 Å². The van der Waals surface area contributed by atoms with Gasteiger partial charge in [0.15, 0.2) is 0 Å². The van der Waals surface area contributed by atoms with E-state index in [1.54, 1.807) is 0 Å². The number of anilines is 6. The molecule has 0 aliphatic heterocycles. The Kier molecular flexibility index (Phi) is 11.9. The van der Waals surface area contributed by atoms with Crippen molar-refractivity contribution in [1.29, 1.82) is 0 Å². The Labute approximate surface area is 461 Å². The molecule has 0 aliphatic rings. The molecule has 0 aromatic heterocycles. The first-order valence-corrected chi connectivity index (χ1v) is 27.4. The van der Waals surface area contributed by atoms with Crippen LogP contribution in [0, 0.1) is 20.8 Å². The smallest absolute Gasteiger partial charge is 0.0540 e. The molecule has 0 spiro atoms. The number of rotatable bonds is 8. The quantitative estimate of drug-likeness (QED) is 0.111. The fourth-order valence-electron chi connectivity index (χ4n) is 12.3. The van der Waals surface area contributed by atoms with Crippen LogP contribution in [0.4, 0.5) is 34.1 Å². The lowest BCUT2D eigenvalue weighted by Gasteiger charge is -2.29. The summed E-state index contributed by atoms with van der Waals surface area (Å²) < 4.78 is 0. The van der Waals surface area contributed by atoms with E-state index in [9.17, 15) is 0 Å². The second kappa shape index (κ2) is 19.8. The van der Waals surface area contributed by atoms with Gasteiger partial charge in [-0.1, -0.05) is 218 Å². The molecular formula is C77H56N2. The fourth-order valence-corrected chi connectivity index (χ4v) is 12.3. The van der Waals surface area contributed by atoms with E-state index in [1.165, 1.54) is 126 Å². The summed E-state index contributed by atoms with van der Waals surface area (Å²) in [5, 5.41) is 17.9. The van der Waals surface area contributed by atoms with Gasteiger partial charge in [-0.15, -0.1) is 0 Å². The van der Waals surface area contributed by atoms with Crippen LogP contribution >= 0.6 is 0 Å². The molecule has 0 unspecified atom stereocenters. The molecular weight excluding hydrogens is 953 g/mol. The molecule has 0 heterocycles. The zero-order valence-electron chi connectivity index (χ0n) is 44.5. The molecule has 0 saturated carbocycles. The lowest BCUT2D eigenvalue weighted by atomic mass is 9.84. The summed E-state index contributed by atoms with van der Waals surface area (Å²) in [4.78, 5) is 4.78. The molecule has 374 valence electrons. The Morgan fingerprint density at radius 1 is 0.215 bits per heavy atom. The highest BCUT2D eigenvalue weighted by molar-refractivity contribution is 6.28. The van der Waals surface area contributed by atoms with Crippen LogP contribution < -0.4 is 9.80 Å². The van der Waals surface area contributed by atoms with Gasteiger partial charge in [-0.05, 0) is 192 Å². The molecule has 0 aliphatic carbocycles. The average Bonchev–Trinajstić information content (AvgIpc) is 3.52. The second-order valence-electron chi connectivity index (χ2n) is 21.1. The SMILES string of the molecule is Cc1ccc2c(-c3ccc4ccccc4c3)c3ccccc3c(-c3ccc4ccccc4c3)c2c1.Cc1cccc(N(c2ccccc2)c2ccc3ccc4c(N(c5ccccc5)c5cccc(C)c5)ccc5ccc2c3c54)c1. The lowest BCUT2D eigenvalue weighted by molar-refractivity contribution is 1.28. The fraction of sp³-hybridized carbons (Fsp3) is 0.0390. The topological polar surface area (TPSA) is 6.48 Å². The van der Waals surface area contributed by atoms with Crippen LogP contribution in [-0.4, -0.2) is 0 Å². The van der Waals surface area contributed by atoms with E-state index in [4.69, 9.17) is 0 Å². The van der Waals surface area contributed by atoms with Crippen LogP contribution in [0.2, 0.25) is 0 Å². The third-order valence-corrected chi connectivity index (χ3v) is 15.9. The number of benzene rings is 15. The van der Waals surface area contributed by atoms with Gasteiger partial charge >= 0.3 is 0 Å². The Balaban J connectivity index is 0.000000147. The summed E-state index contributed by atoms with van der Waals surface area (Å²) in [5.41, 5.74) is 15.8. The van der Waals surface area contributed by atoms with Crippen LogP contribution in [0.3, 0.4) is 0 Å². The predicted octanol–water partition coefficient (Wildman–Crippen LogP) is 22.1. The van der Waals surface area contributed by atoms with E-state index in [2.05, 4.69) is 316 Å². The maximum Gasteiger partial charge on any atom is 0.0540 e. The second-order valence-corrected chi connectivity index (χ2v) is 21.1. The van der Waals surface area contributed by atoms with Gasteiger partial charge in [-0.25, -0.2) is 0 Å². The zero-order valence-corrected chi connectivity index (χ0v) is 44.5. The van der Waals surface area contributed by atoms with Crippen molar-refractivity contribution in [3.63, 3.8) is 0 Å². The molecule has 2 heteroatoms. The maximum atomic E-state index is 2.39. The van der Waals surface area contributed by atoms with E-state index in [1.807, 2.05) is 0 Å². The standard InChI is InChI=1S/C42H32N2.C35H24/c1-29-11-9-17-35(27-29)43(33-13-5-3-6-14-33)39-25-21-31-20-24-38-40(26-22-32-19-23-37(39)41(31)42(32)38)44(34-15-7-4-8-16-34)36-18-10-12-30(2)28-36;1-23-14-19-32-33(20-23)35(29-18-16-25-9-3-5-11-27(25)22-29)31-13-7-6-12-30(31)34(32)28-17-15-24-8-2-4-10-26(24)21-28/h3-28H,1-2H3;2-22H,1H3. The molecule has 0 atom stereocenters. The number of nitrogens with zero attached hydrogens (tertiary/aromatic N) is 2. The van der Waals surface area contributed by atoms with Gasteiger partial charge in [0.05, 0.1) is 11.4 Å². The highest BCUT2D eigenvalue weighted by atomic mass is 15.1. The van der Waals surface area contributed by atoms with Crippen LogP contribution in [0.15, 0.2) is 285 Å². The first-order valence-electron chi connectivity index (χ1n) is 27.4. The third kappa shape index (κ3) is 8.56. The van der Waals surface area contributed by atoms with Crippen LogP contribution in [-0.2, 0) is 0 Å². The summed E-state index contributed by atoms with van der Waals surface area (Å²) in [6, 6.07) is 104. The highest BCUT2D eigenvalue weighted by Gasteiger charge is 2.23. The number of hydrogen-bond acceptors (Lipinski definition) is 2. The van der Waals surface area contributed by atoms with Gasteiger partial charge in [0.25, 0.3) is 0 Å². The molecule has 15 aromatic carbocycles. The molecule has 0 bridgehead atoms. The van der Waals surface area contributed by atoms with Crippen molar-refractivity contribution in [2.45, 2.75) is 20.8 Å². The van der Waals surface area contributed by atoms with Gasteiger partial charge in [0.1, 0.15) is 0 Å². The van der Waals surface area contributed by atoms with Gasteiger partial charge in [0, 0.05) is 33.5 Å². The van der Waals surface area contributed by atoms with Crippen molar-refractivity contribution in [2.24, 2.45) is 0 Å². The van der Waals surface area contributed by atoms with Crippen LogP contribution in [0.25, 0.3) is 97.7 Å². The largest absolute Gasteiger partial charge is 0.310 e. The zero-order chi connectivity index (χ0) is 53.0. The highest BCUT2D eigenvalue weighted by Crippen LogP contribution is 2.49. The molecule has 0 N–H and O–H groups in total. The Hall–Kier alpha value is -10.0. The van der Waals surface area contributed by atoms with E-state index >= 15 is 0 Å². The summed E-state index contributed by atoms with van der Waals surface area (Å²) in [5.74, 6) is 0. The summed E-state index contributed by atoms with van der Waals surface area (Å²) >= 11 is 0. The molecule has 15 aromatic rings. The number of fused-ring (bicyclic) bond motifs is 4. The molecule has 2 nitrogen and oxygen atoms in total. The number of para-hydroxylation sites is 2. The Morgan fingerprint density at radius 2 is 0.582 bits per heavy atom. The van der Waals surface area contributed by atoms with E-state index < -0.39 is 0 Å². The van der Waals surface area contributed by atoms with Crippen molar-refractivity contribution in [2.75, 3.05) is 9.80 Å². The average molecular weight is 1010 g/mol. The minimum atomic E-state index is 1.14. The normalized spacial score (nSPS) is 11.5. The van der Waals surface area contributed by atoms with Crippen molar-refractivity contribution in [3.8, 4) is 22.3 Å². The predicted molar refractivity (Wildman–Crippen MR) is 341 cm³/mol. The van der Waals surface area contributed by atoms with Crippen molar-refractivity contribution in [1.82, 2.24) is 0 Å². The van der Waals surface area contributed by atoms with Crippen molar-refractivity contribution < 1.29 is 0 Å². The minimum absolute atomic E-state index is 1.14. The molecule has 0 saturated heterocycles. The number of aryl methyl sites for hydroxylation is 3. The maximum absolute atomic E-state index is 2.39. The molecule has 79 heavy (non-hydrogen) atoms. The molecule has 15 rings (SSSR count). The van der Waals surface area contributed by atoms with E-state index in [0.29, 0.717) is 0 Å². The van der Waals surface area contributed by atoms with Gasteiger partial charge < -0.3 is 9.80 Å². The van der Waals surface area contributed by atoms with Crippen molar-refractivity contribution in [3.05, 3.63) is 302 Å². The van der Waals surface area contributed by atoms with Gasteiger partial charge in [-0.2, -0.15) is 0 Å². The molecule has 0 amide bonds. The minimum Gasteiger partial charge on any atom is -0.310 e. The first kappa shape index (κ1) is 47.4. The van der Waals surface area contributed by atoms with E-state index in [-0.39, 0.29) is 0 Å². The lowest BCUT2D eigenvalue weighted by Crippen LogP contribution is -2.11. The summed E-state index contributed by atoms with van der Waals surface area (Å²) in [6.45, 7) is 6.50. The monoisotopic (exact) mass is 1010 g/mol. The Bertz CT molecular complexity index is 4610. The van der Waals surface area contributed by atoms with E-state index in [0.717, 1.165) is 22.7 Å².